The van der Waals surface area contributed by atoms with Crippen LogP contribution in [-0.4, -0.2) is 25.8 Å². The molecule has 0 radical (unpaired) electrons. The number of hydrogen-bond acceptors (Lipinski definition) is 3. The average molecular weight is 290 g/mol. The monoisotopic (exact) mass is 290 g/mol. The van der Waals surface area contributed by atoms with E-state index in [1.807, 2.05) is 13.8 Å². The summed E-state index contributed by atoms with van der Waals surface area (Å²) in [6.45, 7) is 7.43. The van der Waals surface area contributed by atoms with Gasteiger partial charge < -0.3 is 5.32 Å². The number of nitrogens with zero attached hydrogens (tertiary/aromatic N) is 3. The zero-order chi connectivity index (χ0) is 15.4. The SMILES string of the molecule is Cc1nc(C)n2c(F)cc(C(=O)NC(C)(C)C3CC3)c2n1. The second kappa shape index (κ2) is 4.51. The fourth-order valence-corrected chi connectivity index (χ4v) is 2.78. The molecule has 0 atom stereocenters. The maximum Gasteiger partial charge on any atom is 0.255 e. The minimum Gasteiger partial charge on any atom is -0.347 e. The number of hydrogen-bond donors (Lipinski definition) is 1. The molecule has 1 fully saturated rings. The van der Waals surface area contributed by atoms with Crippen molar-refractivity contribution in [2.24, 2.45) is 5.92 Å². The lowest BCUT2D eigenvalue weighted by molar-refractivity contribution is 0.0905. The molecule has 1 saturated carbocycles. The second-order valence-corrected chi connectivity index (χ2v) is 6.31. The van der Waals surface area contributed by atoms with Crippen molar-refractivity contribution >= 4 is 11.6 Å². The Labute approximate surface area is 122 Å². The van der Waals surface area contributed by atoms with Gasteiger partial charge in [-0.2, -0.15) is 4.39 Å². The van der Waals surface area contributed by atoms with Crippen LogP contribution in [0.25, 0.3) is 5.65 Å². The van der Waals surface area contributed by atoms with Gasteiger partial charge in [-0.15, -0.1) is 0 Å². The van der Waals surface area contributed by atoms with E-state index in [2.05, 4.69) is 15.3 Å². The van der Waals surface area contributed by atoms with Gasteiger partial charge >= 0.3 is 0 Å². The van der Waals surface area contributed by atoms with Crippen molar-refractivity contribution in [1.29, 1.82) is 0 Å². The topological polar surface area (TPSA) is 59.3 Å². The highest BCUT2D eigenvalue weighted by Gasteiger charge is 2.39. The molecule has 0 spiro atoms. The number of halogens is 1. The Hall–Kier alpha value is -1.98. The molecule has 0 saturated heterocycles. The van der Waals surface area contributed by atoms with E-state index in [9.17, 15) is 9.18 Å². The van der Waals surface area contributed by atoms with Gasteiger partial charge in [-0.1, -0.05) is 0 Å². The van der Waals surface area contributed by atoms with Gasteiger partial charge in [-0.3, -0.25) is 9.20 Å². The number of fused-ring (bicyclic) bond motifs is 1. The van der Waals surface area contributed by atoms with Gasteiger partial charge in [-0.05, 0) is 46.5 Å². The van der Waals surface area contributed by atoms with Crippen LogP contribution in [0.5, 0.6) is 0 Å². The molecule has 0 aliphatic heterocycles. The van der Waals surface area contributed by atoms with Crippen molar-refractivity contribution in [3.8, 4) is 0 Å². The third-order valence-electron chi connectivity index (χ3n) is 4.12. The number of rotatable bonds is 3. The largest absolute Gasteiger partial charge is 0.347 e. The van der Waals surface area contributed by atoms with E-state index in [1.165, 1.54) is 10.5 Å². The summed E-state index contributed by atoms with van der Waals surface area (Å²) in [7, 11) is 0. The fraction of sp³-hybridized carbons (Fsp3) is 0.533. The van der Waals surface area contributed by atoms with E-state index in [0.29, 0.717) is 23.2 Å². The van der Waals surface area contributed by atoms with Gasteiger partial charge in [0.2, 0.25) is 5.95 Å². The van der Waals surface area contributed by atoms with Gasteiger partial charge in [0.1, 0.15) is 11.6 Å². The Morgan fingerprint density at radius 2 is 2.05 bits per heavy atom. The Kier molecular flexibility index (Phi) is 3.00. The zero-order valence-corrected chi connectivity index (χ0v) is 12.7. The lowest BCUT2D eigenvalue weighted by Crippen LogP contribution is -2.45. The highest BCUT2D eigenvalue weighted by molar-refractivity contribution is 6.00. The first-order valence-corrected chi connectivity index (χ1v) is 7.14. The molecule has 0 unspecified atom stereocenters. The standard InChI is InChI=1S/C15H19FN4O/c1-8-17-9(2)20-12(16)7-11(13(20)18-8)14(21)19-15(3,4)10-5-6-10/h7,10H,5-6H2,1-4H3,(H,19,21). The number of carbonyl (C=O) groups is 1. The van der Waals surface area contributed by atoms with Gasteiger partial charge in [-0.25, -0.2) is 9.97 Å². The fourth-order valence-electron chi connectivity index (χ4n) is 2.78. The van der Waals surface area contributed by atoms with E-state index in [1.54, 1.807) is 13.8 Å². The van der Waals surface area contributed by atoms with E-state index in [-0.39, 0.29) is 17.0 Å². The first-order chi connectivity index (χ1) is 9.79. The summed E-state index contributed by atoms with van der Waals surface area (Å²) in [4.78, 5) is 20.8. The molecular formula is C15H19FN4O. The highest BCUT2D eigenvalue weighted by Crippen LogP contribution is 2.39. The van der Waals surface area contributed by atoms with Crippen molar-refractivity contribution in [1.82, 2.24) is 19.7 Å². The van der Waals surface area contributed by atoms with Crippen LogP contribution in [0.3, 0.4) is 0 Å². The Bertz CT molecular complexity index is 731. The van der Waals surface area contributed by atoms with Crippen LogP contribution in [-0.2, 0) is 0 Å². The van der Waals surface area contributed by atoms with E-state index in [0.717, 1.165) is 12.8 Å². The molecule has 112 valence electrons. The van der Waals surface area contributed by atoms with Gasteiger partial charge in [0.15, 0.2) is 5.65 Å². The van der Waals surface area contributed by atoms with Crippen molar-refractivity contribution in [3.63, 3.8) is 0 Å². The van der Waals surface area contributed by atoms with Gasteiger partial charge in [0, 0.05) is 11.6 Å². The van der Waals surface area contributed by atoms with E-state index >= 15 is 0 Å². The summed E-state index contributed by atoms with van der Waals surface area (Å²) in [5.74, 6) is 0.699. The third kappa shape index (κ3) is 2.39. The summed E-state index contributed by atoms with van der Waals surface area (Å²) in [6.07, 6.45) is 2.25. The van der Waals surface area contributed by atoms with Crippen LogP contribution < -0.4 is 5.32 Å². The minimum atomic E-state index is -0.517. The van der Waals surface area contributed by atoms with Crippen molar-refractivity contribution in [2.75, 3.05) is 0 Å². The molecule has 1 aliphatic carbocycles. The molecule has 2 heterocycles. The summed E-state index contributed by atoms with van der Waals surface area (Å²) in [5, 5.41) is 3.00. The number of carbonyl (C=O) groups excluding carboxylic acids is 1. The zero-order valence-electron chi connectivity index (χ0n) is 12.7. The molecular weight excluding hydrogens is 271 g/mol. The molecule has 3 rings (SSSR count). The van der Waals surface area contributed by atoms with E-state index in [4.69, 9.17) is 0 Å². The van der Waals surface area contributed by atoms with Crippen molar-refractivity contribution in [2.45, 2.75) is 46.1 Å². The van der Waals surface area contributed by atoms with Crippen LogP contribution in [0.15, 0.2) is 6.07 Å². The van der Waals surface area contributed by atoms with Crippen LogP contribution in [0.2, 0.25) is 0 Å². The van der Waals surface area contributed by atoms with E-state index < -0.39 is 5.95 Å². The number of aryl methyl sites for hydroxylation is 2. The molecule has 1 N–H and O–H groups in total. The summed E-state index contributed by atoms with van der Waals surface area (Å²) in [5.41, 5.74) is 0.301. The van der Waals surface area contributed by atoms with Gasteiger partial charge in [0.25, 0.3) is 5.91 Å². The smallest absolute Gasteiger partial charge is 0.255 e. The lowest BCUT2D eigenvalue weighted by Gasteiger charge is -2.25. The molecule has 0 aromatic carbocycles. The minimum absolute atomic E-state index is 0.259. The van der Waals surface area contributed by atoms with Crippen LogP contribution in [0, 0.1) is 25.7 Å². The molecule has 0 bridgehead atoms. The maximum absolute atomic E-state index is 14.1. The molecule has 2 aromatic heterocycles. The number of aromatic nitrogens is 3. The maximum atomic E-state index is 14.1. The average Bonchev–Trinajstić information content (AvgIpc) is 3.14. The molecule has 1 amide bonds. The molecule has 5 nitrogen and oxygen atoms in total. The van der Waals surface area contributed by atoms with Gasteiger partial charge in [0.05, 0.1) is 5.56 Å². The van der Waals surface area contributed by atoms with Crippen molar-refractivity contribution < 1.29 is 9.18 Å². The van der Waals surface area contributed by atoms with Crippen molar-refractivity contribution in [3.05, 3.63) is 29.2 Å². The highest BCUT2D eigenvalue weighted by atomic mass is 19.1. The predicted molar refractivity (Wildman–Crippen MR) is 76.7 cm³/mol. The predicted octanol–water partition coefficient (Wildman–Crippen LogP) is 2.40. The Morgan fingerprint density at radius 3 is 2.67 bits per heavy atom. The summed E-state index contributed by atoms with van der Waals surface area (Å²) in [6, 6.07) is 1.23. The first kappa shape index (κ1) is 14.0. The second-order valence-electron chi connectivity index (χ2n) is 6.31. The summed E-state index contributed by atoms with van der Waals surface area (Å²) < 4.78 is 15.3. The molecule has 21 heavy (non-hydrogen) atoms. The molecule has 6 heteroatoms. The quantitative estimate of drug-likeness (QED) is 0.944. The Balaban J connectivity index is 2.02. The number of nitrogens with one attached hydrogen (secondary N) is 1. The molecule has 2 aromatic rings. The number of amides is 1. The lowest BCUT2D eigenvalue weighted by atomic mass is 9.98. The normalized spacial score (nSPS) is 15.5. The first-order valence-electron chi connectivity index (χ1n) is 7.14. The Morgan fingerprint density at radius 1 is 1.38 bits per heavy atom. The molecule has 1 aliphatic rings. The van der Waals surface area contributed by atoms with Crippen LogP contribution in [0.1, 0.15) is 48.7 Å². The van der Waals surface area contributed by atoms with Crippen LogP contribution >= 0.6 is 0 Å². The van der Waals surface area contributed by atoms with Crippen LogP contribution in [0.4, 0.5) is 4.39 Å². The summed E-state index contributed by atoms with van der Waals surface area (Å²) >= 11 is 0. The third-order valence-corrected chi connectivity index (χ3v) is 4.12.